The SMILES string of the molecule is Cc1cc(NC(=O)c2cccc(F)c2)sc1C(=O)N1CC(O)C1. The Morgan fingerprint density at radius 2 is 2.09 bits per heavy atom. The summed E-state index contributed by atoms with van der Waals surface area (Å²) in [5, 5.41) is 12.5. The molecular formula is C16H15FN2O3S. The summed E-state index contributed by atoms with van der Waals surface area (Å²) in [4.78, 5) is 26.5. The molecule has 0 atom stereocenters. The quantitative estimate of drug-likeness (QED) is 0.905. The van der Waals surface area contributed by atoms with E-state index < -0.39 is 17.8 Å². The minimum absolute atomic E-state index is 0.149. The van der Waals surface area contributed by atoms with Crippen LogP contribution in [-0.2, 0) is 0 Å². The standard InChI is InChI=1S/C16H15FN2O3S/c1-9-5-13(18-15(21)10-3-2-4-11(17)6-10)23-14(9)16(22)19-7-12(20)8-19/h2-6,12,20H,7-8H2,1H3,(H,18,21). The minimum atomic E-state index is -0.479. The normalized spacial score (nSPS) is 14.5. The molecule has 3 rings (SSSR count). The minimum Gasteiger partial charge on any atom is -0.389 e. The number of carbonyl (C=O) groups excluding carboxylic acids is 2. The summed E-state index contributed by atoms with van der Waals surface area (Å²) < 4.78 is 13.2. The fourth-order valence-corrected chi connectivity index (χ4v) is 3.37. The van der Waals surface area contributed by atoms with Crippen LogP contribution in [0.25, 0.3) is 0 Å². The van der Waals surface area contributed by atoms with E-state index in [0.717, 1.165) is 11.6 Å². The van der Waals surface area contributed by atoms with Gasteiger partial charge >= 0.3 is 0 Å². The van der Waals surface area contributed by atoms with Crippen molar-refractivity contribution < 1.29 is 19.1 Å². The van der Waals surface area contributed by atoms with Gasteiger partial charge in [-0.2, -0.15) is 0 Å². The van der Waals surface area contributed by atoms with Crippen molar-refractivity contribution >= 4 is 28.2 Å². The maximum absolute atomic E-state index is 13.2. The van der Waals surface area contributed by atoms with Gasteiger partial charge in [0.25, 0.3) is 11.8 Å². The summed E-state index contributed by atoms with van der Waals surface area (Å²) in [5.41, 5.74) is 0.978. The van der Waals surface area contributed by atoms with Gasteiger partial charge < -0.3 is 15.3 Å². The first-order valence-electron chi connectivity index (χ1n) is 7.08. The number of benzene rings is 1. The zero-order chi connectivity index (χ0) is 16.6. The molecule has 2 amide bonds. The van der Waals surface area contributed by atoms with Crippen molar-refractivity contribution in [3.63, 3.8) is 0 Å². The highest BCUT2D eigenvalue weighted by atomic mass is 32.1. The topological polar surface area (TPSA) is 69.6 Å². The molecule has 0 bridgehead atoms. The number of β-amino-alcohol motifs (C(OH)–C–C–N with tert-alkyl or cyclic N) is 1. The number of carbonyl (C=O) groups is 2. The van der Waals surface area contributed by atoms with Gasteiger partial charge in [-0.25, -0.2) is 4.39 Å². The molecule has 2 N–H and O–H groups in total. The molecule has 2 heterocycles. The van der Waals surface area contributed by atoms with Crippen LogP contribution in [0.5, 0.6) is 0 Å². The van der Waals surface area contributed by atoms with Gasteiger partial charge in [0.1, 0.15) is 5.82 Å². The number of rotatable bonds is 3. The van der Waals surface area contributed by atoms with Crippen LogP contribution in [-0.4, -0.2) is 41.0 Å². The molecule has 23 heavy (non-hydrogen) atoms. The highest BCUT2D eigenvalue weighted by Gasteiger charge is 2.31. The molecule has 1 aliphatic rings. The number of thiophene rings is 1. The first kappa shape index (κ1) is 15.6. The van der Waals surface area contributed by atoms with Crippen LogP contribution in [0.2, 0.25) is 0 Å². The van der Waals surface area contributed by atoms with E-state index in [1.54, 1.807) is 17.9 Å². The largest absolute Gasteiger partial charge is 0.389 e. The zero-order valence-corrected chi connectivity index (χ0v) is 13.2. The van der Waals surface area contributed by atoms with Crippen LogP contribution in [0.15, 0.2) is 30.3 Å². The molecule has 0 saturated carbocycles. The van der Waals surface area contributed by atoms with E-state index >= 15 is 0 Å². The molecule has 1 aliphatic heterocycles. The van der Waals surface area contributed by atoms with Crippen molar-refractivity contribution in [2.24, 2.45) is 0 Å². The zero-order valence-electron chi connectivity index (χ0n) is 12.4. The summed E-state index contributed by atoms with van der Waals surface area (Å²) in [5.74, 6) is -1.06. The lowest BCUT2D eigenvalue weighted by Gasteiger charge is -2.35. The van der Waals surface area contributed by atoms with E-state index in [9.17, 15) is 19.1 Å². The highest BCUT2D eigenvalue weighted by Crippen LogP contribution is 2.29. The summed E-state index contributed by atoms with van der Waals surface area (Å²) in [7, 11) is 0. The lowest BCUT2D eigenvalue weighted by molar-refractivity contribution is 0.00618. The average molecular weight is 334 g/mol. The number of nitrogens with one attached hydrogen (secondary N) is 1. The summed E-state index contributed by atoms with van der Waals surface area (Å²) in [6.45, 7) is 2.46. The Balaban J connectivity index is 1.73. The Kier molecular flexibility index (Phi) is 4.14. The lowest BCUT2D eigenvalue weighted by Crippen LogP contribution is -2.53. The molecule has 5 nitrogen and oxygen atoms in total. The number of halogens is 1. The molecule has 0 radical (unpaired) electrons. The summed E-state index contributed by atoms with van der Waals surface area (Å²) >= 11 is 1.18. The number of aliphatic hydroxyl groups excluding tert-OH is 1. The van der Waals surface area contributed by atoms with Gasteiger partial charge in [0.15, 0.2) is 0 Å². The molecule has 1 fully saturated rings. The number of aryl methyl sites for hydroxylation is 1. The van der Waals surface area contributed by atoms with Gasteiger partial charge in [0.05, 0.1) is 16.0 Å². The van der Waals surface area contributed by atoms with Crippen LogP contribution in [0, 0.1) is 12.7 Å². The monoisotopic (exact) mass is 334 g/mol. The van der Waals surface area contributed by atoms with Crippen LogP contribution >= 0.6 is 11.3 Å². The van der Waals surface area contributed by atoms with E-state index in [1.165, 1.54) is 29.5 Å². The Morgan fingerprint density at radius 3 is 2.74 bits per heavy atom. The Hall–Kier alpha value is -2.25. The maximum atomic E-state index is 13.2. The number of hydrogen-bond acceptors (Lipinski definition) is 4. The van der Waals surface area contributed by atoms with Gasteiger partial charge in [-0.05, 0) is 36.8 Å². The van der Waals surface area contributed by atoms with Crippen molar-refractivity contribution in [2.75, 3.05) is 18.4 Å². The summed E-state index contributed by atoms with van der Waals surface area (Å²) in [6.07, 6.45) is -0.452. The van der Waals surface area contributed by atoms with E-state index in [0.29, 0.717) is 23.0 Å². The molecule has 1 saturated heterocycles. The molecule has 1 aromatic carbocycles. The molecule has 0 spiro atoms. The number of amides is 2. The van der Waals surface area contributed by atoms with Gasteiger partial charge in [-0.1, -0.05) is 6.07 Å². The van der Waals surface area contributed by atoms with Crippen molar-refractivity contribution in [2.45, 2.75) is 13.0 Å². The predicted octanol–water partition coefficient (Wildman–Crippen LogP) is 2.26. The highest BCUT2D eigenvalue weighted by molar-refractivity contribution is 7.18. The third-order valence-corrected chi connectivity index (χ3v) is 4.73. The number of nitrogens with zero attached hydrogens (tertiary/aromatic N) is 1. The number of likely N-dealkylation sites (tertiary alicyclic amines) is 1. The fourth-order valence-electron chi connectivity index (χ4n) is 2.33. The maximum Gasteiger partial charge on any atom is 0.264 e. The molecular weight excluding hydrogens is 319 g/mol. The number of aliphatic hydroxyl groups is 1. The molecule has 2 aromatic rings. The van der Waals surface area contributed by atoms with E-state index in [1.807, 2.05) is 0 Å². The smallest absolute Gasteiger partial charge is 0.264 e. The number of hydrogen-bond donors (Lipinski definition) is 2. The van der Waals surface area contributed by atoms with Crippen molar-refractivity contribution in [1.29, 1.82) is 0 Å². The third kappa shape index (κ3) is 3.25. The first-order chi connectivity index (χ1) is 10.9. The number of anilines is 1. The fraction of sp³-hybridized carbons (Fsp3) is 0.250. The second-order valence-corrected chi connectivity index (χ2v) is 6.50. The van der Waals surface area contributed by atoms with Gasteiger partial charge in [-0.15, -0.1) is 11.3 Å². The van der Waals surface area contributed by atoms with Gasteiger partial charge in [0.2, 0.25) is 0 Å². The van der Waals surface area contributed by atoms with E-state index in [2.05, 4.69) is 5.32 Å². The van der Waals surface area contributed by atoms with Crippen molar-refractivity contribution in [1.82, 2.24) is 4.90 Å². The summed E-state index contributed by atoms with van der Waals surface area (Å²) in [6, 6.07) is 7.12. The van der Waals surface area contributed by atoms with E-state index in [4.69, 9.17) is 0 Å². The lowest BCUT2D eigenvalue weighted by atomic mass is 10.1. The first-order valence-corrected chi connectivity index (χ1v) is 7.90. The third-order valence-electron chi connectivity index (χ3n) is 3.59. The molecule has 0 aliphatic carbocycles. The van der Waals surface area contributed by atoms with Crippen molar-refractivity contribution in [3.05, 3.63) is 52.2 Å². The van der Waals surface area contributed by atoms with Crippen molar-refractivity contribution in [3.8, 4) is 0 Å². The van der Waals surface area contributed by atoms with Crippen LogP contribution in [0.4, 0.5) is 9.39 Å². The Morgan fingerprint density at radius 1 is 1.35 bits per heavy atom. The average Bonchev–Trinajstić information content (AvgIpc) is 2.84. The second kappa shape index (κ2) is 6.10. The van der Waals surface area contributed by atoms with Gasteiger partial charge in [0, 0.05) is 18.7 Å². The molecule has 7 heteroatoms. The van der Waals surface area contributed by atoms with Crippen LogP contribution < -0.4 is 5.32 Å². The Labute approximate surface area is 136 Å². The molecule has 0 unspecified atom stereocenters. The molecule has 120 valence electrons. The molecule has 1 aromatic heterocycles. The van der Waals surface area contributed by atoms with Gasteiger partial charge in [-0.3, -0.25) is 9.59 Å². The Bertz CT molecular complexity index is 768. The van der Waals surface area contributed by atoms with Crippen LogP contribution in [0.3, 0.4) is 0 Å². The van der Waals surface area contributed by atoms with E-state index in [-0.39, 0.29) is 11.5 Å². The predicted molar refractivity (Wildman–Crippen MR) is 85.3 cm³/mol. The second-order valence-electron chi connectivity index (χ2n) is 5.45. The van der Waals surface area contributed by atoms with Crippen LogP contribution in [0.1, 0.15) is 25.6 Å².